The van der Waals surface area contributed by atoms with Crippen LogP contribution in [-0.4, -0.2) is 125 Å². The second-order valence-corrected chi connectivity index (χ2v) is 27.4. The molecule has 14 heteroatoms. The quantitative estimate of drug-likeness (QED) is 0.183. The Morgan fingerprint density at radius 3 is 1.09 bits per heavy atom. The summed E-state index contributed by atoms with van der Waals surface area (Å²) in [5.74, 6) is 3.65. The van der Waals surface area contributed by atoms with Crippen molar-refractivity contribution in [1.82, 2.24) is 19.6 Å². The predicted octanol–water partition coefficient (Wildman–Crippen LogP) is 13.1. The summed E-state index contributed by atoms with van der Waals surface area (Å²) in [6.45, 7) is 22.0. The highest BCUT2D eigenvalue weighted by Gasteiger charge is 2.49. The molecule has 1 N–H and O–H groups in total. The van der Waals surface area contributed by atoms with Gasteiger partial charge in [0, 0.05) is 169 Å². The molecule has 14 nitrogen and oxygen atoms in total. The molecule has 12 aliphatic rings. The minimum atomic E-state index is -0.211. The lowest BCUT2D eigenvalue weighted by molar-refractivity contribution is -0.130. The first-order valence-corrected chi connectivity index (χ1v) is 33.2. The number of carbonyl (C=O) groups is 4. The molecule has 8 aliphatic heterocycles. The number of anilines is 4. The molecule has 0 aromatic heterocycles. The van der Waals surface area contributed by atoms with E-state index in [1.807, 2.05) is 62.1 Å². The Morgan fingerprint density at radius 1 is 0.409 bits per heavy atom. The standard InChI is InChI=1S/C23H26N2O2.2C17H22N2O.C16H20N2O2.CH4/c1-16-10-11-18-14-24(23(26)27-15-17-6-3-2-4-7-17)12-13-25-20-9-5-8-19(20)21(16)22(18)25;2*1-11-6-7-13-10-18(12(2)20)8-9-19-15-5-3-4-14(15)16(11)17(13)19;1-10(19)17-7-8-18-13-4-2-3-12(13)15-14(20)6-5-11(9-17)16(15)18;/h2-4,6-7,10-11,19-20H,5,8-9,12-15H2,1H3;2*6-7,14-15H,3-5,8-10H2,1-2H3;5-6,12-13,20H,2-4,7-9H2,1H3;1H4/t19-,20+;2*14-,15+;12-,13+;/m0000./s1. The number of hydrogen-bond donors (Lipinski definition) is 1. The zero-order valence-corrected chi connectivity index (χ0v) is 52.4. The number of rotatable bonds is 2. The summed E-state index contributed by atoms with van der Waals surface area (Å²) in [6, 6.07) is 29.7. The van der Waals surface area contributed by atoms with Crippen LogP contribution in [0, 0.1) is 20.8 Å². The number of fused-ring (bicyclic) bond motifs is 12. The van der Waals surface area contributed by atoms with Crippen molar-refractivity contribution in [2.45, 2.75) is 207 Å². The van der Waals surface area contributed by atoms with E-state index in [-0.39, 0.29) is 31.2 Å². The van der Waals surface area contributed by atoms with Gasteiger partial charge in [-0.15, -0.1) is 0 Å². The molecule has 8 atom stereocenters. The van der Waals surface area contributed by atoms with Gasteiger partial charge in [0.2, 0.25) is 17.7 Å². The Balaban J connectivity index is 0.000000109. The monoisotopic (exact) mass is 1190 g/mol. The summed E-state index contributed by atoms with van der Waals surface area (Å²) in [7, 11) is 0. The topological polar surface area (TPSA) is 124 Å². The van der Waals surface area contributed by atoms with E-state index < -0.39 is 0 Å². The lowest BCUT2D eigenvalue weighted by atomic mass is 9.92. The van der Waals surface area contributed by atoms with Crippen molar-refractivity contribution >= 4 is 46.6 Å². The minimum absolute atomic E-state index is 0. The smallest absolute Gasteiger partial charge is 0.410 e. The molecule has 0 bridgehead atoms. The molecule has 0 unspecified atom stereocenters. The highest BCUT2D eigenvalue weighted by atomic mass is 16.6. The van der Waals surface area contributed by atoms with Gasteiger partial charge < -0.3 is 49.0 Å². The van der Waals surface area contributed by atoms with Crippen LogP contribution in [0.3, 0.4) is 0 Å². The normalized spacial score (nSPS) is 25.7. The average Bonchev–Trinajstić information content (AvgIpc) is 2.48. The third-order valence-electron chi connectivity index (χ3n) is 22.7. The van der Waals surface area contributed by atoms with Crippen LogP contribution in [0.4, 0.5) is 27.5 Å². The Hall–Kier alpha value is -7.22. The van der Waals surface area contributed by atoms with Gasteiger partial charge in [-0.05, 0) is 139 Å². The van der Waals surface area contributed by atoms with E-state index in [1.54, 1.807) is 37.5 Å². The Kier molecular flexibility index (Phi) is 16.5. The largest absolute Gasteiger partial charge is 0.508 e. The Morgan fingerprint density at radius 2 is 0.727 bits per heavy atom. The number of carbonyl (C=O) groups excluding carboxylic acids is 4. The fourth-order valence-electron chi connectivity index (χ4n) is 18.7. The van der Waals surface area contributed by atoms with E-state index in [1.165, 1.54) is 139 Å². The first-order chi connectivity index (χ1) is 42.2. The molecule has 4 saturated carbocycles. The summed E-state index contributed by atoms with van der Waals surface area (Å²) < 4.78 is 5.60. The van der Waals surface area contributed by atoms with Crippen molar-refractivity contribution in [1.29, 1.82) is 0 Å². The van der Waals surface area contributed by atoms with Crippen LogP contribution in [0.5, 0.6) is 5.75 Å². The molecular formula is C74H94N8O6. The summed E-state index contributed by atoms with van der Waals surface area (Å²) in [6.07, 6.45) is 15.3. The van der Waals surface area contributed by atoms with Crippen LogP contribution >= 0.6 is 0 Å². The number of benzene rings is 5. The molecule has 8 heterocycles. The summed E-state index contributed by atoms with van der Waals surface area (Å²) in [5, 5.41) is 10.3. The molecule has 88 heavy (non-hydrogen) atoms. The van der Waals surface area contributed by atoms with E-state index in [9.17, 15) is 24.3 Å². The molecule has 0 saturated heterocycles. The lowest BCUT2D eigenvalue weighted by Crippen LogP contribution is -2.38. The number of aryl methyl sites for hydroxylation is 3. The highest BCUT2D eigenvalue weighted by Crippen LogP contribution is 2.57. The average molecular weight is 1190 g/mol. The van der Waals surface area contributed by atoms with Crippen LogP contribution in [0.25, 0.3) is 0 Å². The van der Waals surface area contributed by atoms with Crippen molar-refractivity contribution in [2.24, 2.45) is 0 Å². The summed E-state index contributed by atoms with van der Waals surface area (Å²) >= 11 is 0. The Labute approximate surface area is 522 Å². The van der Waals surface area contributed by atoms with E-state index in [4.69, 9.17) is 4.74 Å². The molecule has 0 spiro atoms. The second kappa shape index (κ2) is 24.3. The predicted molar refractivity (Wildman–Crippen MR) is 350 cm³/mol. The van der Waals surface area contributed by atoms with Crippen LogP contribution in [0.1, 0.15) is 196 Å². The van der Waals surface area contributed by atoms with Gasteiger partial charge in [0.25, 0.3) is 0 Å². The third-order valence-corrected chi connectivity index (χ3v) is 22.7. The summed E-state index contributed by atoms with van der Waals surface area (Å²) in [4.78, 5) is 66.1. The molecular weight excluding hydrogens is 1100 g/mol. The van der Waals surface area contributed by atoms with Gasteiger partial charge in [-0.2, -0.15) is 0 Å². The number of hydrogen-bond acceptors (Lipinski definition) is 10. The summed E-state index contributed by atoms with van der Waals surface area (Å²) in [5.41, 5.74) is 22.0. The van der Waals surface area contributed by atoms with Gasteiger partial charge in [0.1, 0.15) is 12.4 Å². The maximum absolute atomic E-state index is 12.7. The van der Waals surface area contributed by atoms with E-state index >= 15 is 0 Å². The fraction of sp³-hybridized carbons (Fsp3) is 0.541. The zero-order chi connectivity index (χ0) is 59.9. The van der Waals surface area contributed by atoms with Gasteiger partial charge in [-0.1, -0.05) is 106 Å². The van der Waals surface area contributed by atoms with Gasteiger partial charge in [0.05, 0.1) is 6.54 Å². The molecule has 466 valence electrons. The van der Waals surface area contributed by atoms with E-state index in [0.29, 0.717) is 61.4 Å². The maximum Gasteiger partial charge on any atom is 0.410 e. The lowest BCUT2D eigenvalue weighted by Gasteiger charge is -2.27. The first-order valence-electron chi connectivity index (χ1n) is 33.2. The van der Waals surface area contributed by atoms with Gasteiger partial charge in [0.15, 0.2) is 0 Å². The van der Waals surface area contributed by atoms with Crippen molar-refractivity contribution in [2.75, 3.05) is 72.0 Å². The third kappa shape index (κ3) is 10.4. The van der Waals surface area contributed by atoms with E-state index in [0.717, 1.165) is 88.4 Å². The second-order valence-electron chi connectivity index (χ2n) is 27.4. The van der Waals surface area contributed by atoms with Crippen LogP contribution < -0.4 is 19.6 Å². The molecule has 4 fully saturated rings. The highest BCUT2D eigenvalue weighted by molar-refractivity contribution is 5.79. The van der Waals surface area contributed by atoms with Gasteiger partial charge in [-0.3, -0.25) is 14.4 Å². The van der Waals surface area contributed by atoms with E-state index in [2.05, 4.69) is 76.8 Å². The van der Waals surface area contributed by atoms with Crippen molar-refractivity contribution < 1.29 is 29.0 Å². The molecule has 17 rings (SSSR count). The molecule has 4 aliphatic carbocycles. The first kappa shape index (κ1) is 59.7. The number of phenolic OH excluding ortho intramolecular Hbond substituents is 1. The van der Waals surface area contributed by atoms with Crippen LogP contribution in [0.15, 0.2) is 78.9 Å². The Bertz CT molecular complexity index is 3270. The van der Waals surface area contributed by atoms with Crippen molar-refractivity contribution in [3.8, 4) is 5.75 Å². The SMILES string of the molecule is C.CC(=O)N1CCN2c3c(ccc(C)c3[C@H]3CCC[C@H]32)C1.CC(=O)N1CCN2c3c(ccc(C)c3[C@H]3CCC[C@H]32)C1.CC(=O)N1CCN2c3c(ccc(O)c3[C@H]3CCC[C@H]32)C1.Cc1ccc2c3c1[C@H]1CCC[C@H]1N3CCN(C(=O)OCc1ccccc1)C2. The van der Waals surface area contributed by atoms with Crippen molar-refractivity contribution in [3.05, 3.63) is 146 Å². The molecule has 5 aromatic carbocycles. The van der Waals surface area contributed by atoms with Gasteiger partial charge in [-0.25, -0.2) is 4.79 Å². The number of amides is 4. The van der Waals surface area contributed by atoms with Crippen molar-refractivity contribution in [3.63, 3.8) is 0 Å². The number of phenols is 1. The van der Waals surface area contributed by atoms with Crippen LogP contribution in [-0.2, 0) is 51.9 Å². The van der Waals surface area contributed by atoms with Crippen LogP contribution in [0.2, 0.25) is 0 Å². The molecule has 5 aromatic rings. The van der Waals surface area contributed by atoms with Gasteiger partial charge >= 0.3 is 6.09 Å². The zero-order valence-electron chi connectivity index (χ0n) is 52.4. The molecule has 4 amide bonds. The number of ether oxygens (including phenoxy) is 1. The maximum atomic E-state index is 12.7. The minimum Gasteiger partial charge on any atom is -0.508 e. The fourth-order valence-corrected chi connectivity index (χ4v) is 18.7. The number of nitrogens with zero attached hydrogens (tertiary/aromatic N) is 8. The number of aromatic hydroxyl groups is 1. The molecule has 0 radical (unpaired) electrons.